The Hall–Kier alpha value is -4.70. The maximum absolute atomic E-state index is 15.2. The number of amides is 2. The van der Waals surface area contributed by atoms with Crippen molar-refractivity contribution in [2.24, 2.45) is 0 Å². The summed E-state index contributed by atoms with van der Waals surface area (Å²) >= 11 is 0. The molecule has 10 heteroatoms. The average Bonchev–Trinajstić information content (AvgIpc) is 3.02. The number of benzene rings is 4. The fourth-order valence-electron chi connectivity index (χ4n) is 4.79. The van der Waals surface area contributed by atoms with Crippen molar-refractivity contribution in [3.8, 4) is 5.75 Å². The minimum absolute atomic E-state index is 0.0322. The van der Waals surface area contributed by atoms with Crippen LogP contribution in [0.25, 0.3) is 0 Å². The van der Waals surface area contributed by atoms with Gasteiger partial charge in [-0.3, -0.25) is 13.9 Å². The van der Waals surface area contributed by atoms with E-state index in [1.807, 2.05) is 44.2 Å². The summed E-state index contributed by atoms with van der Waals surface area (Å²) in [5.74, 6) is -1.34. The van der Waals surface area contributed by atoms with E-state index in [-0.39, 0.29) is 29.6 Å². The molecule has 230 valence electrons. The standard InChI is InChI=1S/C34H36FN3O5S/c1-25(2)36-34(40)32(22-26-13-6-4-7-14-26)37(23-27-15-12-16-28(21-27)43-3)33(39)24-38(31-20-11-10-19-30(31)35)44(41,42)29-17-8-5-9-18-29/h4-21,25,32H,22-24H2,1-3H3,(H,36,40). The third-order valence-electron chi connectivity index (χ3n) is 6.92. The molecule has 4 aromatic carbocycles. The predicted octanol–water partition coefficient (Wildman–Crippen LogP) is 5.19. The Labute approximate surface area is 258 Å². The van der Waals surface area contributed by atoms with Crippen molar-refractivity contribution in [2.75, 3.05) is 18.0 Å². The minimum atomic E-state index is -4.39. The van der Waals surface area contributed by atoms with Gasteiger partial charge in [0.1, 0.15) is 24.2 Å². The predicted molar refractivity (Wildman–Crippen MR) is 168 cm³/mol. The van der Waals surface area contributed by atoms with E-state index < -0.39 is 40.2 Å². The molecular formula is C34H36FN3O5S. The van der Waals surface area contributed by atoms with E-state index in [0.29, 0.717) is 11.3 Å². The number of sulfonamides is 1. The van der Waals surface area contributed by atoms with Crippen molar-refractivity contribution < 1.29 is 27.1 Å². The zero-order chi connectivity index (χ0) is 31.7. The molecule has 0 spiro atoms. The maximum Gasteiger partial charge on any atom is 0.264 e. The van der Waals surface area contributed by atoms with Crippen molar-refractivity contribution in [2.45, 2.75) is 43.8 Å². The number of anilines is 1. The zero-order valence-corrected chi connectivity index (χ0v) is 25.7. The van der Waals surface area contributed by atoms with Gasteiger partial charge in [0.15, 0.2) is 0 Å². The highest BCUT2D eigenvalue weighted by Crippen LogP contribution is 2.27. The van der Waals surface area contributed by atoms with Crippen LogP contribution in [0, 0.1) is 5.82 Å². The Kier molecular flexibility index (Phi) is 10.7. The van der Waals surface area contributed by atoms with Crippen molar-refractivity contribution in [3.63, 3.8) is 0 Å². The van der Waals surface area contributed by atoms with E-state index in [1.165, 1.54) is 42.3 Å². The number of hydrogen-bond donors (Lipinski definition) is 1. The molecule has 0 saturated carbocycles. The van der Waals surface area contributed by atoms with Crippen LogP contribution in [-0.4, -0.2) is 50.9 Å². The third kappa shape index (κ3) is 8.02. The summed E-state index contributed by atoms with van der Waals surface area (Å²) < 4.78 is 49.1. The third-order valence-corrected chi connectivity index (χ3v) is 8.69. The minimum Gasteiger partial charge on any atom is -0.497 e. The highest BCUT2D eigenvalue weighted by molar-refractivity contribution is 7.92. The van der Waals surface area contributed by atoms with Crippen LogP contribution in [0.4, 0.5) is 10.1 Å². The fraction of sp³-hybridized carbons (Fsp3) is 0.235. The zero-order valence-electron chi connectivity index (χ0n) is 24.9. The molecule has 0 aliphatic rings. The molecule has 1 N–H and O–H groups in total. The van der Waals surface area contributed by atoms with Gasteiger partial charge in [-0.15, -0.1) is 0 Å². The van der Waals surface area contributed by atoms with Crippen LogP contribution in [0.5, 0.6) is 5.75 Å². The van der Waals surface area contributed by atoms with Crippen molar-refractivity contribution in [1.29, 1.82) is 0 Å². The maximum atomic E-state index is 15.2. The Morgan fingerprint density at radius 3 is 2.09 bits per heavy atom. The van der Waals surface area contributed by atoms with Crippen molar-refractivity contribution >= 4 is 27.5 Å². The van der Waals surface area contributed by atoms with Gasteiger partial charge in [0.05, 0.1) is 17.7 Å². The monoisotopic (exact) mass is 617 g/mol. The van der Waals surface area contributed by atoms with Gasteiger partial charge < -0.3 is 15.0 Å². The largest absolute Gasteiger partial charge is 0.497 e. The lowest BCUT2D eigenvalue weighted by Gasteiger charge is -2.34. The fourth-order valence-corrected chi connectivity index (χ4v) is 6.23. The first-order valence-corrected chi connectivity index (χ1v) is 15.6. The topological polar surface area (TPSA) is 96.0 Å². The van der Waals surface area contributed by atoms with Crippen LogP contribution >= 0.6 is 0 Å². The smallest absolute Gasteiger partial charge is 0.264 e. The SMILES string of the molecule is COc1cccc(CN(C(=O)CN(c2ccccc2F)S(=O)(=O)c2ccccc2)C(Cc2ccccc2)C(=O)NC(C)C)c1. The van der Waals surface area contributed by atoms with Gasteiger partial charge in [-0.2, -0.15) is 0 Å². The van der Waals surface area contributed by atoms with Crippen LogP contribution in [0.2, 0.25) is 0 Å². The second kappa shape index (κ2) is 14.7. The van der Waals surface area contributed by atoms with Crippen molar-refractivity contribution in [3.05, 3.63) is 126 Å². The number of methoxy groups -OCH3 is 1. The molecule has 0 radical (unpaired) electrons. The number of halogens is 1. The summed E-state index contributed by atoms with van der Waals surface area (Å²) in [7, 11) is -2.86. The summed E-state index contributed by atoms with van der Waals surface area (Å²) in [6.07, 6.45) is 0.167. The van der Waals surface area contributed by atoms with Crippen LogP contribution in [0.3, 0.4) is 0 Å². The molecule has 0 aromatic heterocycles. The quantitative estimate of drug-likeness (QED) is 0.223. The first kappa shape index (κ1) is 32.2. The van der Waals surface area contributed by atoms with Gasteiger partial charge in [-0.25, -0.2) is 12.8 Å². The molecule has 4 aromatic rings. The van der Waals surface area contributed by atoms with Crippen LogP contribution in [-0.2, 0) is 32.6 Å². The molecular weight excluding hydrogens is 581 g/mol. The van der Waals surface area contributed by atoms with E-state index in [1.54, 1.807) is 42.5 Å². The number of hydrogen-bond acceptors (Lipinski definition) is 5. The Balaban J connectivity index is 1.82. The van der Waals surface area contributed by atoms with Gasteiger partial charge in [-0.05, 0) is 61.4 Å². The first-order valence-electron chi connectivity index (χ1n) is 14.2. The van der Waals surface area contributed by atoms with Gasteiger partial charge in [0, 0.05) is 19.0 Å². The summed E-state index contributed by atoms with van der Waals surface area (Å²) in [5, 5.41) is 2.91. The number of ether oxygens (including phenoxy) is 1. The Morgan fingerprint density at radius 2 is 1.45 bits per heavy atom. The molecule has 2 amide bonds. The van der Waals surface area contributed by atoms with E-state index in [2.05, 4.69) is 5.32 Å². The Bertz CT molecular complexity index is 1670. The lowest BCUT2D eigenvalue weighted by molar-refractivity contribution is -0.140. The van der Waals surface area contributed by atoms with Gasteiger partial charge in [0.2, 0.25) is 11.8 Å². The lowest BCUT2D eigenvalue weighted by atomic mass is 10.0. The highest BCUT2D eigenvalue weighted by atomic mass is 32.2. The van der Waals surface area contributed by atoms with Crippen LogP contribution in [0.1, 0.15) is 25.0 Å². The van der Waals surface area contributed by atoms with E-state index in [4.69, 9.17) is 4.74 Å². The molecule has 44 heavy (non-hydrogen) atoms. The molecule has 1 unspecified atom stereocenters. The summed E-state index contributed by atoms with van der Waals surface area (Å²) in [5.41, 5.74) is 1.19. The molecule has 0 aliphatic carbocycles. The van der Waals surface area contributed by atoms with E-state index in [0.717, 1.165) is 15.9 Å². The normalized spacial score (nSPS) is 11.9. The van der Waals surface area contributed by atoms with E-state index in [9.17, 15) is 18.0 Å². The summed E-state index contributed by atoms with van der Waals surface area (Å²) in [6.45, 7) is 2.86. The second-order valence-corrected chi connectivity index (χ2v) is 12.4. The van der Waals surface area contributed by atoms with Crippen LogP contribution in [0.15, 0.2) is 114 Å². The number of rotatable bonds is 13. The van der Waals surface area contributed by atoms with Gasteiger partial charge in [0.25, 0.3) is 10.0 Å². The number of para-hydroxylation sites is 1. The number of nitrogens with zero attached hydrogens (tertiary/aromatic N) is 2. The van der Waals surface area contributed by atoms with Gasteiger partial charge in [-0.1, -0.05) is 72.8 Å². The number of carbonyl (C=O) groups is 2. The number of nitrogens with one attached hydrogen (secondary N) is 1. The molecule has 0 aliphatic heterocycles. The highest BCUT2D eigenvalue weighted by Gasteiger charge is 2.35. The molecule has 0 fully saturated rings. The summed E-state index contributed by atoms with van der Waals surface area (Å²) in [4.78, 5) is 29.4. The molecule has 0 saturated heterocycles. The molecule has 1 atom stereocenters. The second-order valence-electron chi connectivity index (χ2n) is 10.5. The molecule has 8 nitrogen and oxygen atoms in total. The molecule has 0 bridgehead atoms. The lowest BCUT2D eigenvalue weighted by Crippen LogP contribution is -2.54. The molecule has 0 heterocycles. The number of carbonyl (C=O) groups excluding carboxylic acids is 2. The first-order chi connectivity index (χ1) is 21.1. The van der Waals surface area contributed by atoms with E-state index >= 15 is 4.39 Å². The average molecular weight is 618 g/mol. The van der Waals surface area contributed by atoms with Gasteiger partial charge >= 0.3 is 0 Å². The Morgan fingerprint density at radius 1 is 0.841 bits per heavy atom. The van der Waals surface area contributed by atoms with Crippen LogP contribution < -0.4 is 14.4 Å². The molecule has 4 rings (SSSR count). The summed E-state index contributed by atoms with van der Waals surface area (Å²) in [6, 6.07) is 28.0. The van der Waals surface area contributed by atoms with Crippen molar-refractivity contribution in [1.82, 2.24) is 10.2 Å².